The first-order valence-corrected chi connectivity index (χ1v) is 9.09. The molecule has 2 heterocycles. The number of benzene rings is 1. The van der Waals surface area contributed by atoms with Crippen molar-refractivity contribution in [2.24, 2.45) is 0 Å². The van der Waals surface area contributed by atoms with Crippen molar-refractivity contribution >= 4 is 5.91 Å². The zero-order valence-electron chi connectivity index (χ0n) is 14.3. The van der Waals surface area contributed by atoms with Crippen molar-refractivity contribution in [1.29, 1.82) is 0 Å². The van der Waals surface area contributed by atoms with Gasteiger partial charge in [-0.3, -0.25) is 9.89 Å². The van der Waals surface area contributed by atoms with Crippen molar-refractivity contribution in [3.63, 3.8) is 0 Å². The van der Waals surface area contributed by atoms with Crippen LogP contribution >= 0.6 is 0 Å². The van der Waals surface area contributed by atoms with Crippen LogP contribution in [0.2, 0.25) is 0 Å². The second kappa shape index (κ2) is 6.42. The number of rotatable bonds is 3. The van der Waals surface area contributed by atoms with Crippen molar-refractivity contribution in [1.82, 2.24) is 15.1 Å². The van der Waals surface area contributed by atoms with E-state index in [0.29, 0.717) is 12.3 Å². The quantitative estimate of drug-likeness (QED) is 0.943. The number of hydrogen-bond acceptors (Lipinski definition) is 2. The van der Waals surface area contributed by atoms with Crippen LogP contribution in [-0.4, -0.2) is 34.1 Å². The van der Waals surface area contributed by atoms with Gasteiger partial charge in [-0.2, -0.15) is 5.10 Å². The molecule has 1 fully saturated rings. The van der Waals surface area contributed by atoms with E-state index in [1.807, 2.05) is 11.8 Å². The number of piperidine rings is 1. The van der Waals surface area contributed by atoms with E-state index >= 15 is 0 Å². The van der Waals surface area contributed by atoms with Crippen molar-refractivity contribution in [2.45, 2.75) is 51.4 Å². The van der Waals surface area contributed by atoms with Gasteiger partial charge >= 0.3 is 0 Å². The van der Waals surface area contributed by atoms with Crippen LogP contribution in [0.1, 0.15) is 53.3 Å². The molecule has 4 rings (SSSR count). The van der Waals surface area contributed by atoms with Gasteiger partial charge in [-0.1, -0.05) is 18.2 Å². The van der Waals surface area contributed by atoms with Crippen molar-refractivity contribution in [2.75, 3.05) is 13.1 Å². The Balaban J connectivity index is 1.42. The predicted molar refractivity (Wildman–Crippen MR) is 94.1 cm³/mol. The van der Waals surface area contributed by atoms with Crippen LogP contribution in [0, 0.1) is 6.92 Å². The number of carbonyl (C=O) groups is 1. The normalized spacial score (nSPS) is 20.2. The number of amides is 1. The number of aromatic nitrogens is 2. The molecule has 1 aromatic heterocycles. The number of aryl methyl sites for hydroxylation is 3. The molecule has 1 aromatic carbocycles. The van der Waals surface area contributed by atoms with Gasteiger partial charge in [-0.15, -0.1) is 0 Å². The first kappa shape index (κ1) is 15.4. The molecular formula is C20H25N3O. The average molecular weight is 323 g/mol. The third-order valence-electron chi connectivity index (χ3n) is 5.44. The summed E-state index contributed by atoms with van der Waals surface area (Å²) in [6, 6.07) is 8.72. The predicted octanol–water partition coefficient (Wildman–Crippen LogP) is 3.16. The molecule has 1 atom stereocenters. The molecular weight excluding hydrogens is 298 g/mol. The number of nitrogens with zero attached hydrogens (tertiary/aromatic N) is 2. The van der Waals surface area contributed by atoms with Crippen LogP contribution < -0.4 is 0 Å². The molecule has 0 saturated carbocycles. The Bertz CT molecular complexity index is 749. The summed E-state index contributed by atoms with van der Waals surface area (Å²) in [5, 5.41) is 7.41. The number of carbonyl (C=O) groups excluding carboxylic acids is 1. The van der Waals surface area contributed by atoms with E-state index in [4.69, 9.17) is 0 Å². The standard InChI is InChI=1S/C20H25N3O/c1-14-10-19(22-21-14)18-6-3-9-23(13-18)20(24)12-15-7-8-16-4-2-5-17(16)11-15/h7-8,10-11,18H,2-6,9,12-13H2,1H3,(H,21,22)/t18-/m1/s1. The zero-order chi connectivity index (χ0) is 16.5. The second-order valence-corrected chi connectivity index (χ2v) is 7.29. The van der Waals surface area contributed by atoms with Gasteiger partial charge in [-0.25, -0.2) is 0 Å². The molecule has 1 aliphatic heterocycles. The van der Waals surface area contributed by atoms with Gasteiger partial charge in [0.25, 0.3) is 0 Å². The fourth-order valence-electron chi connectivity index (χ4n) is 4.11. The summed E-state index contributed by atoms with van der Waals surface area (Å²) in [6.45, 7) is 3.70. The summed E-state index contributed by atoms with van der Waals surface area (Å²) in [5.74, 6) is 0.623. The maximum Gasteiger partial charge on any atom is 0.227 e. The van der Waals surface area contributed by atoms with Crippen LogP contribution in [0.3, 0.4) is 0 Å². The zero-order valence-corrected chi connectivity index (χ0v) is 14.3. The molecule has 24 heavy (non-hydrogen) atoms. The molecule has 1 aliphatic carbocycles. The Hall–Kier alpha value is -2.10. The van der Waals surface area contributed by atoms with Crippen LogP contribution in [0.15, 0.2) is 24.3 Å². The first-order chi connectivity index (χ1) is 11.7. The number of likely N-dealkylation sites (tertiary alicyclic amines) is 1. The summed E-state index contributed by atoms with van der Waals surface area (Å²) in [7, 11) is 0. The van der Waals surface area contributed by atoms with E-state index in [9.17, 15) is 4.79 Å². The largest absolute Gasteiger partial charge is 0.342 e. The smallest absolute Gasteiger partial charge is 0.227 e. The Morgan fingerprint density at radius 2 is 2.12 bits per heavy atom. The summed E-state index contributed by atoms with van der Waals surface area (Å²) < 4.78 is 0. The summed E-state index contributed by atoms with van der Waals surface area (Å²) in [6.07, 6.45) is 6.32. The lowest BCUT2D eigenvalue weighted by atomic mass is 9.94. The molecule has 1 N–H and O–H groups in total. The Labute approximate surface area is 143 Å². The number of hydrogen-bond donors (Lipinski definition) is 1. The molecule has 0 bridgehead atoms. The molecule has 1 amide bonds. The molecule has 1 saturated heterocycles. The average Bonchev–Trinajstić information content (AvgIpc) is 3.23. The summed E-state index contributed by atoms with van der Waals surface area (Å²) >= 11 is 0. The molecule has 2 aromatic rings. The number of aromatic amines is 1. The molecule has 4 heteroatoms. The van der Waals surface area contributed by atoms with Crippen LogP contribution in [0.5, 0.6) is 0 Å². The molecule has 0 unspecified atom stereocenters. The van der Waals surface area contributed by atoms with Crippen molar-refractivity contribution < 1.29 is 4.79 Å². The Kier molecular flexibility index (Phi) is 4.13. The highest BCUT2D eigenvalue weighted by molar-refractivity contribution is 5.79. The fourth-order valence-corrected chi connectivity index (χ4v) is 4.11. The third kappa shape index (κ3) is 3.10. The van der Waals surface area contributed by atoms with Gasteiger partial charge < -0.3 is 4.90 Å². The Morgan fingerprint density at radius 3 is 2.96 bits per heavy atom. The van der Waals surface area contributed by atoms with Gasteiger partial charge in [0, 0.05) is 24.7 Å². The maximum absolute atomic E-state index is 12.7. The summed E-state index contributed by atoms with van der Waals surface area (Å²) in [5.41, 5.74) is 6.27. The minimum absolute atomic E-state index is 0.255. The third-order valence-corrected chi connectivity index (χ3v) is 5.44. The van der Waals surface area contributed by atoms with Gasteiger partial charge in [0.05, 0.1) is 12.1 Å². The molecule has 126 valence electrons. The van der Waals surface area contributed by atoms with Crippen LogP contribution in [0.25, 0.3) is 0 Å². The highest BCUT2D eigenvalue weighted by Crippen LogP contribution is 2.27. The van der Waals surface area contributed by atoms with Gasteiger partial charge in [0.15, 0.2) is 0 Å². The lowest BCUT2D eigenvalue weighted by molar-refractivity contribution is -0.131. The second-order valence-electron chi connectivity index (χ2n) is 7.29. The van der Waals surface area contributed by atoms with E-state index in [1.54, 1.807) is 0 Å². The number of nitrogens with one attached hydrogen (secondary N) is 1. The highest BCUT2D eigenvalue weighted by Gasteiger charge is 2.26. The molecule has 2 aliphatic rings. The van der Waals surface area contributed by atoms with E-state index in [-0.39, 0.29) is 5.91 Å². The van der Waals surface area contributed by atoms with Gasteiger partial charge in [0.2, 0.25) is 5.91 Å². The Morgan fingerprint density at radius 1 is 1.25 bits per heavy atom. The monoisotopic (exact) mass is 323 g/mol. The maximum atomic E-state index is 12.7. The van der Waals surface area contributed by atoms with Gasteiger partial charge in [0.1, 0.15) is 0 Å². The first-order valence-electron chi connectivity index (χ1n) is 9.09. The number of H-pyrrole nitrogens is 1. The summed E-state index contributed by atoms with van der Waals surface area (Å²) in [4.78, 5) is 14.8. The lowest BCUT2D eigenvalue weighted by Gasteiger charge is -2.32. The molecule has 0 radical (unpaired) electrons. The van der Waals surface area contributed by atoms with E-state index in [2.05, 4.69) is 34.5 Å². The fraction of sp³-hybridized carbons (Fsp3) is 0.500. The molecule has 0 spiro atoms. The SMILES string of the molecule is Cc1cc([C@@H]2CCCN(C(=O)Cc3ccc4c(c3)CCC4)C2)n[nH]1. The van der Waals surface area contributed by atoms with Crippen LogP contribution in [-0.2, 0) is 24.1 Å². The van der Waals surface area contributed by atoms with Crippen molar-refractivity contribution in [3.8, 4) is 0 Å². The van der Waals surface area contributed by atoms with Crippen LogP contribution in [0.4, 0.5) is 0 Å². The van der Waals surface area contributed by atoms with E-state index in [0.717, 1.165) is 37.3 Å². The van der Waals surface area contributed by atoms with Crippen molar-refractivity contribution in [3.05, 3.63) is 52.3 Å². The number of fused-ring (bicyclic) bond motifs is 1. The topological polar surface area (TPSA) is 49.0 Å². The minimum Gasteiger partial charge on any atom is -0.342 e. The van der Waals surface area contributed by atoms with Gasteiger partial charge in [-0.05, 0) is 61.8 Å². The van der Waals surface area contributed by atoms with E-state index in [1.165, 1.54) is 36.0 Å². The molecule has 4 nitrogen and oxygen atoms in total. The lowest BCUT2D eigenvalue weighted by Crippen LogP contribution is -2.40. The highest BCUT2D eigenvalue weighted by atomic mass is 16.2. The minimum atomic E-state index is 0.255. The van der Waals surface area contributed by atoms with E-state index < -0.39 is 0 Å².